The van der Waals surface area contributed by atoms with E-state index in [4.69, 9.17) is 18.7 Å². The van der Waals surface area contributed by atoms with Crippen molar-refractivity contribution in [2.45, 2.75) is 26.3 Å². The third kappa shape index (κ3) is 5.06. The average Bonchev–Trinajstić information content (AvgIpc) is 3.26. The van der Waals surface area contributed by atoms with Gasteiger partial charge in [0.05, 0.1) is 21.3 Å². The Morgan fingerprint density at radius 3 is 2.24 bits per heavy atom. The van der Waals surface area contributed by atoms with Gasteiger partial charge in [0, 0.05) is 30.2 Å². The first kappa shape index (κ1) is 20.7. The van der Waals surface area contributed by atoms with Crippen LogP contribution in [0.3, 0.4) is 0 Å². The van der Waals surface area contributed by atoms with Gasteiger partial charge in [0.2, 0.25) is 0 Å². The predicted octanol–water partition coefficient (Wildman–Crippen LogP) is 3.66. The fourth-order valence-corrected chi connectivity index (χ4v) is 3.02. The van der Waals surface area contributed by atoms with E-state index in [0.29, 0.717) is 23.9 Å². The molecule has 0 saturated heterocycles. The standard InChI is InChI=1S/C22H27N3O4/c1-5-21-24-22(29-25-21)16-8-6-15(7-9-16)10-11-23-14-17-12-19(27-3)20(28-4)13-18(17)26-2/h6-9,12-13,23H,5,10-11,14H2,1-4H3. The Balaban J connectivity index is 1.55. The lowest BCUT2D eigenvalue weighted by molar-refractivity contribution is 0.347. The quantitative estimate of drug-likeness (QED) is 0.523. The number of benzene rings is 2. The van der Waals surface area contributed by atoms with Crippen molar-refractivity contribution in [3.8, 4) is 28.7 Å². The first-order valence-corrected chi connectivity index (χ1v) is 9.60. The Morgan fingerprint density at radius 2 is 1.62 bits per heavy atom. The number of aryl methyl sites for hydroxylation is 1. The van der Waals surface area contributed by atoms with Gasteiger partial charge in [-0.25, -0.2) is 0 Å². The van der Waals surface area contributed by atoms with Crippen molar-refractivity contribution in [1.82, 2.24) is 15.5 Å². The molecule has 154 valence electrons. The molecule has 0 fully saturated rings. The molecule has 29 heavy (non-hydrogen) atoms. The van der Waals surface area contributed by atoms with Crippen LogP contribution in [0.15, 0.2) is 40.9 Å². The number of nitrogens with zero attached hydrogens (tertiary/aromatic N) is 2. The Labute approximate surface area is 171 Å². The summed E-state index contributed by atoms with van der Waals surface area (Å²) >= 11 is 0. The Hall–Kier alpha value is -3.06. The van der Waals surface area contributed by atoms with Crippen molar-refractivity contribution in [1.29, 1.82) is 0 Å². The summed E-state index contributed by atoms with van der Waals surface area (Å²) in [6, 6.07) is 12.0. The highest BCUT2D eigenvalue weighted by atomic mass is 16.5. The molecule has 0 spiro atoms. The molecule has 1 heterocycles. The fraction of sp³-hybridized carbons (Fsp3) is 0.364. The van der Waals surface area contributed by atoms with Crippen LogP contribution in [-0.4, -0.2) is 38.0 Å². The molecule has 3 aromatic rings. The normalized spacial score (nSPS) is 10.8. The van der Waals surface area contributed by atoms with Gasteiger partial charge in [0.1, 0.15) is 5.75 Å². The maximum Gasteiger partial charge on any atom is 0.257 e. The van der Waals surface area contributed by atoms with Gasteiger partial charge in [-0.1, -0.05) is 24.2 Å². The van der Waals surface area contributed by atoms with Crippen molar-refractivity contribution in [2.75, 3.05) is 27.9 Å². The molecule has 2 aromatic carbocycles. The average molecular weight is 397 g/mol. The first-order chi connectivity index (χ1) is 14.2. The van der Waals surface area contributed by atoms with Gasteiger partial charge in [-0.2, -0.15) is 4.98 Å². The van der Waals surface area contributed by atoms with E-state index >= 15 is 0 Å². The van der Waals surface area contributed by atoms with Gasteiger partial charge in [0.15, 0.2) is 17.3 Å². The molecule has 0 unspecified atom stereocenters. The maximum atomic E-state index is 5.47. The molecule has 1 aromatic heterocycles. The number of ether oxygens (including phenoxy) is 3. The third-order valence-corrected chi connectivity index (χ3v) is 4.68. The SMILES string of the molecule is CCc1noc(-c2ccc(CCNCc3cc(OC)c(OC)cc3OC)cc2)n1. The zero-order valence-electron chi connectivity index (χ0n) is 17.3. The lowest BCUT2D eigenvalue weighted by Gasteiger charge is -2.14. The van der Waals surface area contributed by atoms with Crippen molar-refractivity contribution in [3.63, 3.8) is 0 Å². The van der Waals surface area contributed by atoms with Crippen molar-refractivity contribution in [2.24, 2.45) is 0 Å². The smallest absolute Gasteiger partial charge is 0.257 e. The van der Waals surface area contributed by atoms with Gasteiger partial charge in [0.25, 0.3) is 5.89 Å². The second-order valence-electron chi connectivity index (χ2n) is 6.51. The van der Waals surface area contributed by atoms with Crippen LogP contribution in [0.25, 0.3) is 11.5 Å². The minimum atomic E-state index is 0.562. The van der Waals surface area contributed by atoms with E-state index in [9.17, 15) is 0 Å². The first-order valence-electron chi connectivity index (χ1n) is 9.60. The molecule has 0 aliphatic rings. The molecule has 0 atom stereocenters. The van der Waals surface area contributed by atoms with Crippen LogP contribution >= 0.6 is 0 Å². The van der Waals surface area contributed by atoms with E-state index in [-0.39, 0.29) is 0 Å². The second kappa shape index (κ2) is 9.93. The Morgan fingerprint density at radius 1 is 0.931 bits per heavy atom. The van der Waals surface area contributed by atoms with E-state index in [1.54, 1.807) is 21.3 Å². The summed E-state index contributed by atoms with van der Waals surface area (Å²) < 4.78 is 21.5. The van der Waals surface area contributed by atoms with Gasteiger partial charge < -0.3 is 24.1 Å². The van der Waals surface area contributed by atoms with Crippen LogP contribution < -0.4 is 19.5 Å². The molecule has 0 bridgehead atoms. The minimum Gasteiger partial charge on any atom is -0.496 e. The van der Waals surface area contributed by atoms with Crippen LogP contribution in [-0.2, 0) is 19.4 Å². The van der Waals surface area contributed by atoms with Gasteiger partial charge >= 0.3 is 0 Å². The summed E-state index contributed by atoms with van der Waals surface area (Å²) in [6.45, 7) is 3.50. The van der Waals surface area contributed by atoms with Crippen LogP contribution in [0.2, 0.25) is 0 Å². The second-order valence-corrected chi connectivity index (χ2v) is 6.51. The van der Waals surface area contributed by atoms with Crippen molar-refractivity contribution in [3.05, 3.63) is 53.3 Å². The number of rotatable bonds is 10. The summed E-state index contributed by atoms with van der Waals surface area (Å²) in [7, 11) is 4.89. The molecular weight excluding hydrogens is 370 g/mol. The number of aromatic nitrogens is 2. The Kier molecular flexibility index (Phi) is 7.08. The van der Waals surface area contributed by atoms with Gasteiger partial charge in [-0.3, -0.25) is 0 Å². The van der Waals surface area contributed by atoms with Crippen LogP contribution in [0.1, 0.15) is 23.9 Å². The zero-order chi connectivity index (χ0) is 20.6. The molecule has 3 rings (SSSR count). The van der Waals surface area contributed by atoms with Gasteiger partial charge in [-0.15, -0.1) is 0 Å². The summed E-state index contributed by atoms with van der Waals surface area (Å²) in [4.78, 5) is 4.36. The topological polar surface area (TPSA) is 78.6 Å². The molecule has 0 radical (unpaired) electrons. The number of hydrogen-bond acceptors (Lipinski definition) is 7. The zero-order valence-corrected chi connectivity index (χ0v) is 17.3. The molecule has 0 aliphatic heterocycles. The molecular formula is C22H27N3O4. The Bertz CT molecular complexity index is 922. The summed E-state index contributed by atoms with van der Waals surface area (Å²) in [5.41, 5.74) is 3.18. The number of methoxy groups -OCH3 is 3. The van der Waals surface area contributed by atoms with E-state index in [1.807, 2.05) is 31.2 Å². The number of hydrogen-bond donors (Lipinski definition) is 1. The molecule has 0 saturated carbocycles. The van der Waals surface area contributed by atoms with Crippen molar-refractivity contribution < 1.29 is 18.7 Å². The predicted molar refractivity (Wildman–Crippen MR) is 111 cm³/mol. The molecule has 7 nitrogen and oxygen atoms in total. The van der Waals surface area contributed by atoms with E-state index < -0.39 is 0 Å². The third-order valence-electron chi connectivity index (χ3n) is 4.68. The highest BCUT2D eigenvalue weighted by Gasteiger charge is 2.11. The summed E-state index contributed by atoms with van der Waals surface area (Å²) in [5, 5.41) is 7.39. The van der Waals surface area contributed by atoms with Crippen molar-refractivity contribution >= 4 is 0 Å². The van der Waals surface area contributed by atoms with Crippen LogP contribution in [0.4, 0.5) is 0 Å². The maximum absolute atomic E-state index is 5.47. The highest BCUT2D eigenvalue weighted by Crippen LogP contribution is 2.34. The highest BCUT2D eigenvalue weighted by molar-refractivity contribution is 5.53. The van der Waals surface area contributed by atoms with Crippen LogP contribution in [0.5, 0.6) is 17.2 Å². The molecule has 0 aliphatic carbocycles. The lowest BCUT2D eigenvalue weighted by Crippen LogP contribution is -2.17. The lowest BCUT2D eigenvalue weighted by atomic mass is 10.1. The summed E-state index contributed by atoms with van der Waals surface area (Å²) in [6.07, 6.45) is 1.66. The van der Waals surface area contributed by atoms with Crippen LogP contribution in [0, 0.1) is 0 Å². The molecule has 1 N–H and O–H groups in total. The monoisotopic (exact) mass is 397 g/mol. The largest absolute Gasteiger partial charge is 0.496 e. The molecule has 7 heteroatoms. The molecule has 0 amide bonds. The summed E-state index contributed by atoms with van der Waals surface area (Å²) in [5.74, 6) is 3.39. The fourth-order valence-electron chi connectivity index (χ4n) is 3.02. The minimum absolute atomic E-state index is 0.562. The number of nitrogens with one attached hydrogen (secondary N) is 1. The van der Waals surface area contributed by atoms with E-state index in [2.05, 4.69) is 27.6 Å². The van der Waals surface area contributed by atoms with E-state index in [0.717, 1.165) is 42.1 Å². The van der Waals surface area contributed by atoms with Gasteiger partial charge in [-0.05, 0) is 36.7 Å². The van der Waals surface area contributed by atoms with E-state index in [1.165, 1.54) is 5.56 Å².